The third-order valence-electron chi connectivity index (χ3n) is 2.89. The van der Waals surface area contributed by atoms with Gasteiger partial charge in [-0.1, -0.05) is 0 Å². The van der Waals surface area contributed by atoms with Crippen molar-refractivity contribution in [1.82, 2.24) is 0 Å². The predicted molar refractivity (Wildman–Crippen MR) is 72.3 cm³/mol. The molecule has 1 amide bonds. The molecule has 2 rings (SSSR count). The quantitative estimate of drug-likeness (QED) is 0.247. The summed E-state index contributed by atoms with van der Waals surface area (Å²) in [5.41, 5.74) is -0.151. The van der Waals surface area contributed by atoms with Crippen LogP contribution in [0.1, 0.15) is 24.2 Å². The van der Waals surface area contributed by atoms with Gasteiger partial charge >= 0.3 is 35.5 Å². The van der Waals surface area contributed by atoms with Crippen LogP contribution in [0.25, 0.3) is 0 Å². The van der Waals surface area contributed by atoms with Crippen molar-refractivity contribution >= 4 is 33.5 Å². The number of ether oxygens (including phenoxy) is 1. The standard InChI is InChI=1S/C13H13NO7S.Na/c1-7(2)21-11(15)6-14-10-4-3-8(22(18,19)20)5-9(10)12(16)13(14)17;/h3-5,7H,6H2,1-2H3,(H,18,19,20);/q;+1/p-1. The first-order valence-corrected chi connectivity index (χ1v) is 7.67. The summed E-state index contributed by atoms with van der Waals surface area (Å²) in [5, 5.41) is 0. The second-order valence-electron chi connectivity index (χ2n) is 4.89. The molecule has 1 heterocycles. The van der Waals surface area contributed by atoms with Crippen LogP contribution in [0.15, 0.2) is 23.1 Å². The smallest absolute Gasteiger partial charge is 0.744 e. The summed E-state index contributed by atoms with van der Waals surface area (Å²) in [5.74, 6) is -2.65. The maximum atomic E-state index is 11.9. The van der Waals surface area contributed by atoms with Gasteiger partial charge in [0.05, 0.1) is 22.3 Å². The van der Waals surface area contributed by atoms with Crippen molar-refractivity contribution in [3.63, 3.8) is 0 Å². The van der Waals surface area contributed by atoms with E-state index in [1.807, 2.05) is 0 Å². The largest absolute Gasteiger partial charge is 1.00 e. The van der Waals surface area contributed by atoms with E-state index in [2.05, 4.69) is 0 Å². The zero-order valence-electron chi connectivity index (χ0n) is 12.7. The number of carbonyl (C=O) groups is 3. The summed E-state index contributed by atoms with van der Waals surface area (Å²) < 4.78 is 37.8. The fourth-order valence-corrected chi connectivity index (χ4v) is 2.52. The molecule has 0 aromatic heterocycles. The summed E-state index contributed by atoms with van der Waals surface area (Å²) >= 11 is 0. The molecule has 0 aliphatic carbocycles. The predicted octanol–water partition coefficient (Wildman–Crippen LogP) is -2.92. The Balaban J connectivity index is 0.00000264. The summed E-state index contributed by atoms with van der Waals surface area (Å²) in [7, 11) is -4.75. The number of rotatable bonds is 4. The molecule has 0 fully saturated rings. The van der Waals surface area contributed by atoms with Crippen molar-refractivity contribution < 1.29 is 61.6 Å². The number of amides is 1. The molecular weight excluding hydrogens is 337 g/mol. The van der Waals surface area contributed by atoms with Gasteiger partial charge in [0, 0.05) is 0 Å². The van der Waals surface area contributed by atoms with Crippen LogP contribution in [0, 0.1) is 0 Å². The van der Waals surface area contributed by atoms with Crippen LogP contribution in [0.2, 0.25) is 0 Å². The molecule has 0 radical (unpaired) electrons. The summed E-state index contributed by atoms with van der Waals surface area (Å²) in [4.78, 5) is 35.6. The minimum Gasteiger partial charge on any atom is -0.744 e. The Hall–Kier alpha value is -1.26. The molecule has 1 aliphatic rings. The maximum absolute atomic E-state index is 11.9. The van der Waals surface area contributed by atoms with Gasteiger partial charge in [0.15, 0.2) is 0 Å². The van der Waals surface area contributed by atoms with E-state index in [9.17, 15) is 27.4 Å². The van der Waals surface area contributed by atoms with E-state index in [1.54, 1.807) is 13.8 Å². The van der Waals surface area contributed by atoms with Crippen LogP contribution < -0.4 is 34.5 Å². The number of anilines is 1. The van der Waals surface area contributed by atoms with E-state index in [-0.39, 0.29) is 46.9 Å². The van der Waals surface area contributed by atoms with Crippen molar-refractivity contribution in [1.29, 1.82) is 0 Å². The Kier molecular flexibility index (Phi) is 6.11. The molecule has 1 aliphatic heterocycles. The van der Waals surface area contributed by atoms with Crippen LogP contribution in [-0.4, -0.2) is 43.3 Å². The average molecular weight is 349 g/mol. The van der Waals surface area contributed by atoms with Crippen LogP contribution in [0.4, 0.5) is 5.69 Å². The molecule has 0 saturated heterocycles. The Bertz CT molecular complexity index is 773. The average Bonchev–Trinajstić information content (AvgIpc) is 2.62. The number of Topliss-reactive ketones (excluding diaryl/α,β-unsaturated/α-hetero) is 1. The number of fused-ring (bicyclic) bond motifs is 1. The van der Waals surface area contributed by atoms with Crippen molar-refractivity contribution in [3.8, 4) is 0 Å². The van der Waals surface area contributed by atoms with E-state index in [0.717, 1.165) is 23.1 Å². The number of ketones is 1. The van der Waals surface area contributed by atoms with Gasteiger partial charge in [-0.15, -0.1) is 0 Å². The van der Waals surface area contributed by atoms with E-state index < -0.39 is 39.2 Å². The first-order chi connectivity index (χ1) is 10.1. The van der Waals surface area contributed by atoms with Crippen molar-refractivity contribution in [3.05, 3.63) is 23.8 Å². The molecule has 1 aromatic rings. The first kappa shape index (κ1) is 19.8. The molecule has 23 heavy (non-hydrogen) atoms. The second kappa shape index (κ2) is 7.10. The first-order valence-electron chi connectivity index (χ1n) is 6.27. The Morgan fingerprint density at radius 1 is 1.30 bits per heavy atom. The molecule has 1 aromatic carbocycles. The minimum atomic E-state index is -4.75. The fraction of sp³-hybridized carbons (Fsp3) is 0.308. The van der Waals surface area contributed by atoms with E-state index in [4.69, 9.17) is 4.74 Å². The van der Waals surface area contributed by atoms with Gasteiger partial charge in [-0.3, -0.25) is 19.3 Å². The molecule has 0 N–H and O–H groups in total. The van der Waals surface area contributed by atoms with Gasteiger partial charge in [0.1, 0.15) is 16.7 Å². The van der Waals surface area contributed by atoms with Crippen molar-refractivity contribution in [2.45, 2.75) is 24.8 Å². The number of esters is 1. The zero-order chi connectivity index (χ0) is 16.7. The van der Waals surface area contributed by atoms with Crippen LogP contribution in [0.3, 0.4) is 0 Å². The van der Waals surface area contributed by atoms with Gasteiger partial charge in [-0.25, -0.2) is 8.42 Å². The van der Waals surface area contributed by atoms with E-state index in [0.29, 0.717) is 0 Å². The van der Waals surface area contributed by atoms with Crippen LogP contribution in [-0.2, 0) is 24.4 Å². The number of nitrogens with zero attached hydrogens (tertiary/aromatic N) is 1. The molecular formula is C13H12NNaO7S. The maximum Gasteiger partial charge on any atom is 1.00 e. The molecule has 0 spiro atoms. The fourth-order valence-electron chi connectivity index (χ4n) is 2.02. The monoisotopic (exact) mass is 349 g/mol. The number of hydrogen-bond acceptors (Lipinski definition) is 7. The second-order valence-corrected chi connectivity index (χ2v) is 6.27. The summed E-state index contributed by atoms with van der Waals surface area (Å²) in [6, 6.07) is 2.96. The van der Waals surface area contributed by atoms with Gasteiger partial charge in [0.2, 0.25) is 0 Å². The molecule has 10 heteroatoms. The zero-order valence-corrected chi connectivity index (χ0v) is 15.5. The third kappa shape index (κ3) is 4.18. The summed E-state index contributed by atoms with van der Waals surface area (Å²) in [6.45, 7) is 2.79. The number of benzene rings is 1. The Labute approximate surface area is 154 Å². The van der Waals surface area contributed by atoms with Gasteiger partial charge in [0.25, 0.3) is 11.7 Å². The van der Waals surface area contributed by atoms with Crippen LogP contribution in [0.5, 0.6) is 0 Å². The summed E-state index contributed by atoms with van der Waals surface area (Å²) in [6.07, 6.45) is -0.381. The van der Waals surface area contributed by atoms with E-state index in [1.165, 1.54) is 0 Å². The number of hydrogen-bond donors (Lipinski definition) is 0. The van der Waals surface area contributed by atoms with Crippen molar-refractivity contribution in [2.75, 3.05) is 11.4 Å². The third-order valence-corrected chi connectivity index (χ3v) is 3.72. The SMILES string of the molecule is CC(C)OC(=O)CN1C(=O)C(=O)c2cc(S(=O)(=O)[O-])ccc21.[Na+]. The molecule has 118 valence electrons. The van der Waals surface area contributed by atoms with Gasteiger partial charge in [-0.05, 0) is 32.0 Å². The number of carbonyl (C=O) groups excluding carboxylic acids is 3. The normalized spacial score (nSPS) is 13.8. The minimum absolute atomic E-state index is 0. The van der Waals surface area contributed by atoms with Crippen LogP contribution >= 0.6 is 0 Å². The molecule has 0 saturated carbocycles. The molecule has 0 atom stereocenters. The Morgan fingerprint density at radius 2 is 1.91 bits per heavy atom. The van der Waals surface area contributed by atoms with E-state index >= 15 is 0 Å². The molecule has 0 bridgehead atoms. The molecule has 0 unspecified atom stereocenters. The van der Waals surface area contributed by atoms with Crippen molar-refractivity contribution in [2.24, 2.45) is 0 Å². The van der Waals surface area contributed by atoms with Gasteiger partial charge in [-0.2, -0.15) is 0 Å². The van der Waals surface area contributed by atoms with Gasteiger partial charge < -0.3 is 9.29 Å². The Morgan fingerprint density at radius 3 is 2.43 bits per heavy atom. The molecule has 8 nitrogen and oxygen atoms in total. The topological polar surface area (TPSA) is 121 Å².